The molecule has 1 spiro atoms. The quantitative estimate of drug-likeness (QED) is 0.174. The molecule has 0 aliphatic heterocycles. The lowest BCUT2D eigenvalue weighted by atomic mass is 9.61. The van der Waals surface area contributed by atoms with Crippen LogP contribution in [0.4, 0.5) is 0 Å². The van der Waals surface area contributed by atoms with Crippen LogP contribution in [0.25, 0.3) is 92.8 Å². The van der Waals surface area contributed by atoms with Crippen molar-refractivity contribution in [2.24, 2.45) is 0 Å². The minimum atomic E-state index is -0.537. The number of aromatic nitrogens is 2. The van der Waals surface area contributed by atoms with Crippen molar-refractivity contribution in [3.05, 3.63) is 229 Å². The first-order chi connectivity index (χ1) is 29.3. The summed E-state index contributed by atoms with van der Waals surface area (Å²) < 4.78 is 2.45. The van der Waals surface area contributed by atoms with Crippen LogP contribution in [0.3, 0.4) is 0 Å². The van der Waals surface area contributed by atoms with Crippen LogP contribution in [0, 0.1) is 0 Å². The maximum atomic E-state index is 5.51. The molecule has 0 atom stereocenters. The molecule has 2 aliphatic rings. The van der Waals surface area contributed by atoms with Crippen molar-refractivity contribution < 1.29 is 0 Å². The van der Waals surface area contributed by atoms with Crippen LogP contribution < -0.4 is 0 Å². The molecule has 0 amide bonds. The maximum absolute atomic E-state index is 5.51. The van der Waals surface area contributed by atoms with Crippen molar-refractivity contribution in [2.45, 2.75) is 5.41 Å². The van der Waals surface area contributed by atoms with E-state index in [4.69, 9.17) is 4.98 Å². The molecule has 13 rings (SSSR count). The highest BCUT2D eigenvalue weighted by molar-refractivity contribution is 7.19. The van der Waals surface area contributed by atoms with E-state index in [2.05, 4.69) is 211 Å². The molecule has 0 saturated carbocycles. The van der Waals surface area contributed by atoms with Gasteiger partial charge in [0.25, 0.3) is 0 Å². The topological polar surface area (TPSA) is 17.8 Å². The Morgan fingerprint density at radius 2 is 0.983 bits per heavy atom. The summed E-state index contributed by atoms with van der Waals surface area (Å²) in [6.07, 6.45) is 0. The van der Waals surface area contributed by atoms with Gasteiger partial charge in [0.1, 0.15) is 5.01 Å². The fourth-order valence-corrected chi connectivity index (χ4v) is 11.6. The van der Waals surface area contributed by atoms with Gasteiger partial charge in [0.15, 0.2) is 0 Å². The Balaban J connectivity index is 1.17. The van der Waals surface area contributed by atoms with Gasteiger partial charge in [-0.3, -0.25) is 0 Å². The Hall–Kier alpha value is -7.33. The molecule has 2 heterocycles. The van der Waals surface area contributed by atoms with Gasteiger partial charge < -0.3 is 4.57 Å². The van der Waals surface area contributed by atoms with E-state index < -0.39 is 5.41 Å². The summed E-state index contributed by atoms with van der Waals surface area (Å²) >= 11 is 1.79. The van der Waals surface area contributed by atoms with Crippen molar-refractivity contribution in [2.75, 3.05) is 0 Å². The van der Waals surface area contributed by atoms with Crippen molar-refractivity contribution in [1.82, 2.24) is 9.55 Å². The highest BCUT2D eigenvalue weighted by Gasteiger charge is 2.50. The zero-order valence-electron chi connectivity index (χ0n) is 31.9. The monoisotopic (exact) mass is 766 g/mol. The van der Waals surface area contributed by atoms with Crippen LogP contribution in [0.2, 0.25) is 0 Å². The predicted molar refractivity (Wildman–Crippen MR) is 247 cm³/mol. The Bertz CT molecular complexity index is 3380. The minimum Gasteiger partial charge on any atom is -0.309 e. The summed E-state index contributed by atoms with van der Waals surface area (Å²) in [6, 6.07) is 76.1. The van der Waals surface area contributed by atoms with Gasteiger partial charge in [-0.05, 0) is 91.2 Å². The molecular formula is C56H34N2S. The smallest absolute Gasteiger partial charge is 0.125 e. The lowest BCUT2D eigenvalue weighted by Gasteiger charge is -2.40. The molecular weight excluding hydrogens is 733 g/mol. The van der Waals surface area contributed by atoms with Gasteiger partial charge in [-0.15, -0.1) is 11.3 Å². The largest absolute Gasteiger partial charge is 0.309 e. The van der Waals surface area contributed by atoms with Gasteiger partial charge >= 0.3 is 0 Å². The summed E-state index contributed by atoms with van der Waals surface area (Å²) in [7, 11) is 0. The van der Waals surface area contributed by atoms with E-state index in [-0.39, 0.29) is 0 Å². The lowest BCUT2D eigenvalue weighted by molar-refractivity contribution is 0.775. The highest BCUT2D eigenvalue weighted by atomic mass is 32.1. The number of rotatable bonds is 4. The molecule has 0 saturated heterocycles. The van der Waals surface area contributed by atoms with E-state index in [9.17, 15) is 0 Å². The van der Waals surface area contributed by atoms with Gasteiger partial charge in [-0.1, -0.05) is 176 Å². The van der Waals surface area contributed by atoms with E-state index in [1.165, 1.54) is 87.5 Å². The molecule has 274 valence electrons. The van der Waals surface area contributed by atoms with Crippen LogP contribution >= 0.6 is 11.3 Å². The summed E-state index contributed by atoms with van der Waals surface area (Å²) in [6.45, 7) is 0. The van der Waals surface area contributed by atoms with E-state index in [1.54, 1.807) is 11.3 Å². The van der Waals surface area contributed by atoms with E-state index in [0.717, 1.165) is 27.5 Å². The normalized spacial score (nSPS) is 13.2. The van der Waals surface area contributed by atoms with Gasteiger partial charge in [-0.2, -0.15) is 0 Å². The SMILES string of the molecule is c1ccc(-c2nc(-c3ccc4c5c(cccc35)C3(c5ccccc5-c5ccccc53)c3cc5c6ccccc6n(-c6ccccc6)c5cc3-4)sc2-c2ccccc2)cc1. The van der Waals surface area contributed by atoms with Gasteiger partial charge in [-0.25, -0.2) is 4.98 Å². The number of hydrogen-bond donors (Lipinski definition) is 0. The fourth-order valence-electron chi connectivity index (χ4n) is 10.5. The third-order valence-electron chi connectivity index (χ3n) is 12.9. The average Bonchev–Trinajstić information content (AvgIpc) is 3.98. The summed E-state index contributed by atoms with van der Waals surface area (Å²) in [5.41, 5.74) is 18.0. The van der Waals surface area contributed by atoms with Crippen LogP contribution in [0.1, 0.15) is 22.3 Å². The Morgan fingerprint density at radius 3 is 1.73 bits per heavy atom. The molecule has 2 nitrogen and oxygen atoms in total. The summed E-state index contributed by atoms with van der Waals surface area (Å²) in [5.74, 6) is 0. The van der Waals surface area contributed by atoms with Crippen LogP contribution in [0.5, 0.6) is 0 Å². The Morgan fingerprint density at radius 1 is 0.390 bits per heavy atom. The first kappa shape index (κ1) is 32.7. The maximum Gasteiger partial charge on any atom is 0.125 e. The number of thiazole rings is 1. The third-order valence-corrected chi connectivity index (χ3v) is 14.0. The second-order valence-electron chi connectivity index (χ2n) is 15.8. The Kier molecular flexibility index (Phi) is 6.84. The summed E-state index contributed by atoms with van der Waals surface area (Å²) in [4.78, 5) is 6.70. The molecule has 2 aromatic heterocycles. The zero-order valence-corrected chi connectivity index (χ0v) is 32.7. The van der Waals surface area contributed by atoms with Gasteiger partial charge in [0, 0.05) is 27.6 Å². The highest BCUT2D eigenvalue weighted by Crippen LogP contribution is 2.63. The lowest BCUT2D eigenvalue weighted by Crippen LogP contribution is -2.31. The first-order valence-electron chi connectivity index (χ1n) is 20.3. The van der Waals surface area contributed by atoms with Crippen molar-refractivity contribution >= 4 is 43.9 Å². The van der Waals surface area contributed by atoms with E-state index in [0.29, 0.717) is 0 Å². The molecule has 0 radical (unpaired) electrons. The molecule has 59 heavy (non-hydrogen) atoms. The third kappa shape index (κ3) is 4.43. The van der Waals surface area contributed by atoms with Gasteiger partial charge in [0.2, 0.25) is 0 Å². The molecule has 9 aromatic carbocycles. The van der Waals surface area contributed by atoms with Crippen molar-refractivity contribution in [1.29, 1.82) is 0 Å². The molecule has 2 aliphatic carbocycles. The van der Waals surface area contributed by atoms with E-state index >= 15 is 0 Å². The summed E-state index contributed by atoms with van der Waals surface area (Å²) in [5, 5.41) is 6.07. The second kappa shape index (κ2) is 12.3. The van der Waals surface area contributed by atoms with Crippen molar-refractivity contribution in [3.63, 3.8) is 0 Å². The molecule has 11 aromatic rings. The number of benzene rings is 9. The van der Waals surface area contributed by atoms with Gasteiger partial charge in [0.05, 0.1) is 27.0 Å². The first-order valence-corrected chi connectivity index (χ1v) is 21.1. The number of hydrogen-bond acceptors (Lipinski definition) is 2. The number of fused-ring (bicyclic) bond motifs is 12. The van der Waals surface area contributed by atoms with Crippen LogP contribution in [-0.2, 0) is 5.41 Å². The molecule has 3 heteroatoms. The fraction of sp³-hybridized carbons (Fsp3) is 0.0179. The molecule has 0 N–H and O–H groups in total. The van der Waals surface area contributed by atoms with Crippen LogP contribution in [-0.4, -0.2) is 9.55 Å². The Labute approximate surface area is 346 Å². The minimum absolute atomic E-state index is 0.537. The predicted octanol–water partition coefficient (Wildman–Crippen LogP) is 14.7. The number of para-hydroxylation sites is 2. The molecule has 0 unspecified atom stereocenters. The number of nitrogens with zero attached hydrogens (tertiary/aromatic N) is 2. The van der Waals surface area contributed by atoms with E-state index in [1.807, 2.05) is 0 Å². The standard InChI is InChI=1S/C56H34N2S/c1-4-17-35(18-5-1)53-54(36-19-6-2-7-20-36)59-55(57-53)43-32-31-42-44-34-51-45(40-25-12-15-30-50(40)58(51)37-21-8-3-9-22-37)33-49(44)56(48-29-16-26-41(43)52(42)48)46-27-13-10-23-38(46)39-24-11-14-28-47(39)56/h1-34H. The van der Waals surface area contributed by atoms with Crippen LogP contribution in [0.15, 0.2) is 206 Å². The zero-order chi connectivity index (χ0) is 38.7. The van der Waals surface area contributed by atoms with Crippen molar-refractivity contribution in [3.8, 4) is 60.2 Å². The second-order valence-corrected chi connectivity index (χ2v) is 16.8. The molecule has 0 fully saturated rings. The molecule has 0 bridgehead atoms. The average molecular weight is 767 g/mol.